The Labute approximate surface area is 122 Å². The van der Waals surface area contributed by atoms with Gasteiger partial charge >= 0.3 is 0 Å². The van der Waals surface area contributed by atoms with Crippen molar-refractivity contribution in [3.63, 3.8) is 0 Å². The van der Waals surface area contributed by atoms with Crippen LogP contribution in [-0.2, 0) is 6.54 Å². The van der Waals surface area contributed by atoms with Crippen LogP contribution in [0.5, 0.6) is 0 Å². The highest BCUT2D eigenvalue weighted by Crippen LogP contribution is 2.11. The normalized spacial score (nSPS) is 22.0. The number of aromatic amines is 1. The molecule has 4 nitrogen and oxygen atoms in total. The summed E-state index contributed by atoms with van der Waals surface area (Å²) in [6.45, 7) is 3.70. The monoisotopic (exact) mass is 289 g/mol. The number of aromatic nitrogens is 1. The molecular formula is C16H20FN3O. The molecular weight excluding hydrogens is 269 g/mol. The quantitative estimate of drug-likeness (QED) is 0.802. The third-order valence-corrected chi connectivity index (χ3v) is 3.92. The SMILES string of the molecule is Cc1ccc2[nH]c(CNC[C@@H]3C[C@H](F)CN3)cc(=O)c2c1. The van der Waals surface area contributed by atoms with E-state index in [1.165, 1.54) is 0 Å². The van der Waals surface area contributed by atoms with E-state index in [0.29, 0.717) is 26.1 Å². The van der Waals surface area contributed by atoms with Gasteiger partial charge in [-0.2, -0.15) is 0 Å². The van der Waals surface area contributed by atoms with Crippen LogP contribution in [-0.4, -0.2) is 30.3 Å². The Kier molecular flexibility index (Phi) is 4.03. The van der Waals surface area contributed by atoms with Gasteiger partial charge in [-0.05, 0) is 25.5 Å². The van der Waals surface area contributed by atoms with Gasteiger partial charge in [0, 0.05) is 48.3 Å². The topological polar surface area (TPSA) is 56.9 Å². The first-order valence-electron chi connectivity index (χ1n) is 7.32. The summed E-state index contributed by atoms with van der Waals surface area (Å²) in [5.41, 5.74) is 2.82. The van der Waals surface area contributed by atoms with E-state index in [-0.39, 0.29) is 11.5 Å². The number of hydrogen-bond acceptors (Lipinski definition) is 3. The Bertz CT molecular complexity index is 697. The number of aryl methyl sites for hydroxylation is 1. The average molecular weight is 289 g/mol. The summed E-state index contributed by atoms with van der Waals surface area (Å²) >= 11 is 0. The van der Waals surface area contributed by atoms with Crippen LogP contribution in [0.25, 0.3) is 10.9 Å². The maximum Gasteiger partial charge on any atom is 0.189 e. The van der Waals surface area contributed by atoms with Gasteiger partial charge in [0.2, 0.25) is 0 Å². The number of alkyl halides is 1. The molecule has 0 saturated carbocycles. The molecule has 5 heteroatoms. The first kappa shape index (κ1) is 14.2. The number of rotatable bonds is 4. The summed E-state index contributed by atoms with van der Waals surface area (Å²) in [4.78, 5) is 15.4. The zero-order valence-electron chi connectivity index (χ0n) is 12.1. The van der Waals surface area contributed by atoms with Crippen molar-refractivity contribution in [2.75, 3.05) is 13.1 Å². The molecule has 0 amide bonds. The van der Waals surface area contributed by atoms with Gasteiger partial charge in [0.1, 0.15) is 6.17 Å². The van der Waals surface area contributed by atoms with Crippen molar-refractivity contribution in [3.05, 3.63) is 45.7 Å². The standard InChI is InChI=1S/C16H20FN3O/c1-10-2-3-15-14(4-10)16(21)6-13(20-15)9-18-8-12-5-11(17)7-19-12/h2-4,6,11-12,18-19H,5,7-9H2,1H3,(H,20,21)/t11-,12-/m0/s1. The van der Waals surface area contributed by atoms with E-state index in [4.69, 9.17) is 0 Å². The fourth-order valence-electron chi connectivity index (χ4n) is 2.82. The number of H-pyrrole nitrogens is 1. The maximum atomic E-state index is 13.0. The molecule has 3 N–H and O–H groups in total. The highest BCUT2D eigenvalue weighted by atomic mass is 19.1. The second-order valence-corrected chi connectivity index (χ2v) is 5.78. The van der Waals surface area contributed by atoms with Crippen LogP contribution in [0.4, 0.5) is 4.39 Å². The number of hydrogen-bond donors (Lipinski definition) is 3. The Morgan fingerprint density at radius 2 is 2.24 bits per heavy atom. The maximum absolute atomic E-state index is 13.0. The fourth-order valence-corrected chi connectivity index (χ4v) is 2.82. The predicted molar refractivity (Wildman–Crippen MR) is 82.3 cm³/mol. The lowest BCUT2D eigenvalue weighted by atomic mass is 10.1. The van der Waals surface area contributed by atoms with Crippen molar-refractivity contribution in [1.29, 1.82) is 0 Å². The van der Waals surface area contributed by atoms with E-state index in [1.54, 1.807) is 6.07 Å². The van der Waals surface area contributed by atoms with E-state index in [2.05, 4.69) is 15.6 Å². The van der Waals surface area contributed by atoms with E-state index in [9.17, 15) is 9.18 Å². The van der Waals surface area contributed by atoms with Gasteiger partial charge in [0.15, 0.2) is 5.43 Å². The average Bonchev–Trinajstić information content (AvgIpc) is 2.85. The Hall–Kier alpha value is -1.72. The predicted octanol–water partition coefficient (Wildman–Crippen LogP) is 1.63. The van der Waals surface area contributed by atoms with Crippen molar-refractivity contribution in [1.82, 2.24) is 15.6 Å². The molecule has 0 unspecified atom stereocenters. The lowest BCUT2D eigenvalue weighted by Crippen LogP contribution is -2.33. The summed E-state index contributed by atoms with van der Waals surface area (Å²) in [5, 5.41) is 7.12. The van der Waals surface area contributed by atoms with Gasteiger partial charge in [-0.1, -0.05) is 11.6 Å². The molecule has 0 bridgehead atoms. The van der Waals surface area contributed by atoms with Crippen LogP contribution in [0.1, 0.15) is 17.7 Å². The molecule has 1 saturated heterocycles. The number of halogens is 1. The van der Waals surface area contributed by atoms with Crippen molar-refractivity contribution in [3.8, 4) is 0 Å². The highest BCUT2D eigenvalue weighted by molar-refractivity contribution is 5.79. The molecule has 1 aliphatic rings. The van der Waals surface area contributed by atoms with E-state index in [1.807, 2.05) is 25.1 Å². The number of pyridine rings is 1. The molecule has 0 aliphatic carbocycles. The van der Waals surface area contributed by atoms with Gasteiger partial charge < -0.3 is 15.6 Å². The summed E-state index contributed by atoms with van der Waals surface area (Å²) in [6.07, 6.45) is -0.180. The van der Waals surface area contributed by atoms with Gasteiger partial charge in [0.25, 0.3) is 0 Å². The Morgan fingerprint density at radius 3 is 3.00 bits per heavy atom. The molecule has 2 aromatic rings. The van der Waals surface area contributed by atoms with Gasteiger partial charge in [-0.25, -0.2) is 4.39 Å². The van der Waals surface area contributed by atoms with Crippen LogP contribution in [0.2, 0.25) is 0 Å². The molecule has 3 rings (SSSR count). The molecule has 2 heterocycles. The molecule has 1 fully saturated rings. The minimum absolute atomic E-state index is 0.0343. The fraction of sp³-hybridized carbons (Fsp3) is 0.438. The lowest BCUT2D eigenvalue weighted by molar-refractivity contribution is 0.354. The number of fused-ring (bicyclic) bond motifs is 1. The smallest absolute Gasteiger partial charge is 0.189 e. The second kappa shape index (κ2) is 5.95. The summed E-state index contributed by atoms with van der Waals surface area (Å²) < 4.78 is 13.0. The molecule has 21 heavy (non-hydrogen) atoms. The molecule has 1 aliphatic heterocycles. The number of benzene rings is 1. The van der Waals surface area contributed by atoms with Crippen molar-refractivity contribution in [2.24, 2.45) is 0 Å². The summed E-state index contributed by atoms with van der Waals surface area (Å²) in [7, 11) is 0. The van der Waals surface area contributed by atoms with E-state index < -0.39 is 6.17 Å². The zero-order chi connectivity index (χ0) is 14.8. The first-order chi connectivity index (χ1) is 10.1. The molecule has 0 spiro atoms. The van der Waals surface area contributed by atoms with Crippen LogP contribution in [0.15, 0.2) is 29.1 Å². The first-order valence-corrected chi connectivity index (χ1v) is 7.32. The van der Waals surface area contributed by atoms with Gasteiger partial charge in [-0.15, -0.1) is 0 Å². The highest BCUT2D eigenvalue weighted by Gasteiger charge is 2.22. The molecule has 112 valence electrons. The third kappa shape index (κ3) is 3.31. The van der Waals surface area contributed by atoms with Crippen molar-refractivity contribution >= 4 is 10.9 Å². The molecule has 0 radical (unpaired) electrons. The molecule has 1 aromatic heterocycles. The molecule has 1 aromatic carbocycles. The Morgan fingerprint density at radius 1 is 1.38 bits per heavy atom. The van der Waals surface area contributed by atoms with Crippen molar-refractivity contribution < 1.29 is 4.39 Å². The summed E-state index contributed by atoms with van der Waals surface area (Å²) in [5.74, 6) is 0. The van der Waals surface area contributed by atoms with E-state index in [0.717, 1.165) is 22.2 Å². The van der Waals surface area contributed by atoms with E-state index >= 15 is 0 Å². The molecule has 2 atom stereocenters. The minimum atomic E-state index is -0.736. The Balaban J connectivity index is 1.67. The van der Waals surface area contributed by atoms with Gasteiger partial charge in [0.05, 0.1) is 0 Å². The third-order valence-electron chi connectivity index (χ3n) is 3.92. The lowest BCUT2D eigenvalue weighted by Gasteiger charge is -2.11. The minimum Gasteiger partial charge on any atom is -0.357 e. The van der Waals surface area contributed by atoms with Crippen LogP contribution >= 0.6 is 0 Å². The largest absolute Gasteiger partial charge is 0.357 e. The van der Waals surface area contributed by atoms with Crippen LogP contribution in [0, 0.1) is 6.92 Å². The van der Waals surface area contributed by atoms with Crippen molar-refractivity contribution in [2.45, 2.75) is 32.1 Å². The second-order valence-electron chi connectivity index (χ2n) is 5.78. The summed E-state index contributed by atoms with van der Waals surface area (Å²) in [6, 6.07) is 7.63. The van der Waals surface area contributed by atoms with Crippen LogP contribution in [0.3, 0.4) is 0 Å². The number of nitrogens with one attached hydrogen (secondary N) is 3. The van der Waals surface area contributed by atoms with Gasteiger partial charge in [-0.3, -0.25) is 4.79 Å². The van der Waals surface area contributed by atoms with Crippen LogP contribution < -0.4 is 16.1 Å². The zero-order valence-corrected chi connectivity index (χ0v) is 12.1.